The van der Waals surface area contributed by atoms with E-state index in [0.717, 1.165) is 0 Å². The van der Waals surface area contributed by atoms with Crippen molar-refractivity contribution in [2.75, 3.05) is 51.7 Å². The predicted molar refractivity (Wildman–Crippen MR) is 94.4 cm³/mol. The van der Waals surface area contributed by atoms with Gasteiger partial charge in [-0.1, -0.05) is 0 Å². The third kappa shape index (κ3) is 4.47. The lowest BCUT2D eigenvalue weighted by molar-refractivity contribution is -0.129. The van der Waals surface area contributed by atoms with E-state index < -0.39 is 9.84 Å². The van der Waals surface area contributed by atoms with Crippen LogP contribution in [0.4, 0.5) is 5.69 Å². The molecule has 1 aromatic carbocycles. The lowest BCUT2D eigenvalue weighted by Crippen LogP contribution is -2.40. The average Bonchev–Trinajstić information content (AvgIpc) is 2.97. The number of benzene rings is 1. The summed E-state index contributed by atoms with van der Waals surface area (Å²) in [6, 6.07) is 3.14. The number of nitrogens with zero attached hydrogens (tertiary/aromatic N) is 1. The van der Waals surface area contributed by atoms with Crippen LogP contribution < -0.4 is 19.5 Å². The molecule has 25 heavy (non-hydrogen) atoms. The van der Waals surface area contributed by atoms with Crippen LogP contribution in [0.25, 0.3) is 0 Å². The molecule has 0 aromatic heterocycles. The molecule has 0 aliphatic carbocycles. The highest BCUT2D eigenvalue weighted by Gasteiger charge is 2.32. The molecule has 0 bridgehead atoms. The summed E-state index contributed by atoms with van der Waals surface area (Å²) >= 11 is 0. The van der Waals surface area contributed by atoms with Crippen molar-refractivity contribution in [1.82, 2.24) is 4.90 Å². The predicted octanol–water partition coefficient (Wildman–Crippen LogP) is 0.770. The van der Waals surface area contributed by atoms with Crippen molar-refractivity contribution in [3.63, 3.8) is 0 Å². The van der Waals surface area contributed by atoms with Gasteiger partial charge >= 0.3 is 0 Å². The summed E-state index contributed by atoms with van der Waals surface area (Å²) in [6.07, 6.45) is 0.481. The van der Waals surface area contributed by atoms with Crippen LogP contribution in [0, 0.1) is 0 Å². The van der Waals surface area contributed by atoms with E-state index in [1.807, 2.05) is 0 Å². The van der Waals surface area contributed by atoms with Crippen molar-refractivity contribution in [1.29, 1.82) is 0 Å². The first-order chi connectivity index (χ1) is 11.8. The molecular formula is C16H24N2O6S. The van der Waals surface area contributed by atoms with Crippen molar-refractivity contribution in [2.45, 2.75) is 12.5 Å². The minimum atomic E-state index is -3.03. The number of hydrogen-bond acceptors (Lipinski definition) is 7. The molecule has 8 nitrogen and oxygen atoms in total. The largest absolute Gasteiger partial charge is 0.493 e. The molecule has 1 aliphatic rings. The Hall–Kier alpha value is -2.16. The first-order valence-corrected chi connectivity index (χ1v) is 9.63. The van der Waals surface area contributed by atoms with Gasteiger partial charge in [0, 0.05) is 30.9 Å². The Kier molecular flexibility index (Phi) is 5.99. The van der Waals surface area contributed by atoms with Gasteiger partial charge in [0.05, 0.1) is 39.4 Å². The molecule has 1 atom stereocenters. The number of ether oxygens (including phenoxy) is 3. The van der Waals surface area contributed by atoms with Crippen LogP contribution in [0.15, 0.2) is 12.1 Å². The zero-order valence-corrected chi connectivity index (χ0v) is 15.7. The highest BCUT2D eigenvalue weighted by Crippen LogP contribution is 2.39. The monoisotopic (exact) mass is 372 g/mol. The number of methoxy groups -OCH3 is 3. The average molecular weight is 372 g/mol. The summed E-state index contributed by atoms with van der Waals surface area (Å²) in [4.78, 5) is 13.8. The third-order valence-corrected chi connectivity index (χ3v) is 6.01. The molecule has 0 saturated carbocycles. The van der Waals surface area contributed by atoms with Crippen LogP contribution >= 0.6 is 0 Å². The van der Waals surface area contributed by atoms with Gasteiger partial charge in [-0.05, 0) is 6.42 Å². The van der Waals surface area contributed by atoms with Gasteiger partial charge in [0.2, 0.25) is 11.7 Å². The minimum absolute atomic E-state index is 0.0272. The van der Waals surface area contributed by atoms with E-state index in [4.69, 9.17) is 14.2 Å². The maximum atomic E-state index is 12.3. The molecule has 1 aromatic rings. The Labute approximate surface area is 148 Å². The van der Waals surface area contributed by atoms with E-state index in [1.165, 1.54) is 26.2 Å². The summed E-state index contributed by atoms with van der Waals surface area (Å²) in [5.74, 6) is 1.40. The van der Waals surface area contributed by atoms with Gasteiger partial charge in [-0.15, -0.1) is 0 Å². The standard InChI is InChI=1S/C16H24N2O6S/c1-18(12-5-6-25(20,21)10-12)15(19)9-17-11-7-13(22-2)16(24-4)14(8-11)23-3/h7-8,12,17H,5-6,9-10H2,1-4H3. The lowest BCUT2D eigenvalue weighted by Gasteiger charge is -2.24. The fourth-order valence-electron chi connectivity index (χ4n) is 2.77. The van der Waals surface area contributed by atoms with Gasteiger partial charge in [-0.3, -0.25) is 4.79 Å². The second-order valence-corrected chi connectivity index (χ2v) is 8.06. The number of sulfone groups is 1. The number of rotatable bonds is 7. The van der Waals surface area contributed by atoms with Crippen molar-refractivity contribution >= 4 is 21.4 Å². The summed E-state index contributed by atoms with van der Waals surface area (Å²) in [6.45, 7) is 0.0334. The maximum absolute atomic E-state index is 12.3. The molecule has 1 fully saturated rings. The van der Waals surface area contributed by atoms with Crippen molar-refractivity contribution in [2.24, 2.45) is 0 Å². The van der Waals surface area contributed by atoms with E-state index >= 15 is 0 Å². The van der Waals surface area contributed by atoms with Crippen LogP contribution in [0.3, 0.4) is 0 Å². The second kappa shape index (κ2) is 7.81. The van der Waals surface area contributed by atoms with E-state index in [1.54, 1.807) is 19.2 Å². The minimum Gasteiger partial charge on any atom is -0.493 e. The first kappa shape index (κ1) is 19.2. The Bertz CT molecular complexity index is 709. The Morgan fingerprint density at radius 3 is 2.24 bits per heavy atom. The second-order valence-electron chi connectivity index (χ2n) is 5.83. The number of carbonyl (C=O) groups is 1. The van der Waals surface area contributed by atoms with Crippen LogP contribution in [-0.2, 0) is 14.6 Å². The zero-order chi connectivity index (χ0) is 18.6. The molecule has 1 heterocycles. The normalized spacial score (nSPS) is 18.5. The van der Waals surface area contributed by atoms with Gasteiger partial charge in [0.15, 0.2) is 21.3 Å². The van der Waals surface area contributed by atoms with E-state index in [0.29, 0.717) is 29.4 Å². The summed E-state index contributed by atoms with van der Waals surface area (Å²) < 4.78 is 38.9. The fourth-order valence-corrected chi connectivity index (χ4v) is 4.54. The zero-order valence-electron chi connectivity index (χ0n) is 14.9. The summed E-state index contributed by atoms with van der Waals surface area (Å²) in [5, 5.41) is 3.01. The van der Waals surface area contributed by atoms with E-state index in [-0.39, 0.29) is 30.0 Å². The molecule has 1 aliphatic heterocycles. The van der Waals surface area contributed by atoms with Gasteiger partial charge in [-0.2, -0.15) is 0 Å². The van der Waals surface area contributed by atoms with Gasteiger partial charge in [0.1, 0.15) is 0 Å². The molecule has 140 valence electrons. The topological polar surface area (TPSA) is 94.2 Å². The van der Waals surface area contributed by atoms with Crippen molar-refractivity contribution < 1.29 is 27.4 Å². The van der Waals surface area contributed by atoms with Crippen LogP contribution in [-0.4, -0.2) is 71.7 Å². The fraction of sp³-hybridized carbons (Fsp3) is 0.562. The van der Waals surface area contributed by atoms with Crippen molar-refractivity contribution in [3.8, 4) is 17.2 Å². The molecule has 9 heteroatoms. The molecule has 1 saturated heterocycles. The number of hydrogen-bond donors (Lipinski definition) is 1. The number of nitrogens with one attached hydrogen (secondary N) is 1. The summed E-state index contributed by atoms with van der Waals surface area (Å²) in [7, 11) is 3.15. The van der Waals surface area contributed by atoms with Gasteiger partial charge in [-0.25, -0.2) is 8.42 Å². The quantitative estimate of drug-likeness (QED) is 0.755. The first-order valence-electron chi connectivity index (χ1n) is 7.81. The molecule has 0 spiro atoms. The van der Waals surface area contributed by atoms with Crippen molar-refractivity contribution in [3.05, 3.63) is 12.1 Å². The Morgan fingerprint density at radius 2 is 1.80 bits per heavy atom. The highest BCUT2D eigenvalue weighted by molar-refractivity contribution is 7.91. The number of likely N-dealkylation sites (N-methyl/N-ethyl adjacent to an activating group) is 1. The Morgan fingerprint density at radius 1 is 1.20 bits per heavy atom. The molecule has 0 radical (unpaired) electrons. The highest BCUT2D eigenvalue weighted by atomic mass is 32.2. The lowest BCUT2D eigenvalue weighted by atomic mass is 10.2. The molecular weight excluding hydrogens is 348 g/mol. The number of amides is 1. The van der Waals surface area contributed by atoms with Crippen LogP contribution in [0.5, 0.6) is 17.2 Å². The number of anilines is 1. The molecule has 1 unspecified atom stereocenters. The smallest absolute Gasteiger partial charge is 0.241 e. The number of carbonyl (C=O) groups excluding carboxylic acids is 1. The van der Waals surface area contributed by atoms with Gasteiger partial charge < -0.3 is 24.4 Å². The molecule has 1 N–H and O–H groups in total. The third-order valence-electron chi connectivity index (χ3n) is 4.26. The van der Waals surface area contributed by atoms with Crippen LogP contribution in [0.2, 0.25) is 0 Å². The van der Waals surface area contributed by atoms with E-state index in [9.17, 15) is 13.2 Å². The Balaban J connectivity index is 2.04. The maximum Gasteiger partial charge on any atom is 0.241 e. The molecule has 2 rings (SSSR count). The summed E-state index contributed by atoms with van der Waals surface area (Å²) in [5.41, 5.74) is 0.635. The van der Waals surface area contributed by atoms with Gasteiger partial charge in [0.25, 0.3) is 0 Å². The molecule has 1 amide bonds. The van der Waals surface area contributed by atoms with Crippen LogP contribution in [0.1, 0.15) is 6.42 Å². The van der Waals surface area contributed by atoms with E-state index in [2.05, 4.69) is 5.32 Å². The SMILES string of the molecule is COc1cc(NCC(=O)N(C)C2CCS(=O)(=O)C2)cc(OC)c1OC.